The fourth-order valence-electron chi connectivity index (χ4n) is 7.87. The van der Waals surface area contributed by atoms with Gasteiger partial charge in [-0.1, -0.05) is 60.1 Å². The number of primary amides is 1. The minimum atomic E-state index is -1.73. The molecule has 2 rings (SSSR count). The molecule has 16 N–H and O–H groups in total. The number of aliphatic hydroxyl groups is 1. The van der Waals surface area contributed by atoms with Gasteiger partial charge in [-0.25, -0.2) is 0 Å². The standard InChI is InChI=1S/C48H75N11O16S/c1-7-10-29(42(69)55-32(21-60)44(71)53-30(39(50)66)19-25-12-14-26(61)15-13-25)52-45(72)34-11-9-18-59(34)48(75)33(22-76)56-41(68)28(8-2)51-46(73)37(23(3)4)58-47(74)38(24(5)6)57-43(70)31(20-36(64)65)54-40(67)27(49)16-17-35(62)63/h12-15,23-24,27-34,37-38,60-61,76H,7-11,16-22,49H2,1-6H3,(H2,50,66)(H,51,73)(H,52,72)(H,53,71)(H,54,67)(H,55,69)(H,56,68)(H,57,70)(H,58,74)(H,62,63)(H,64,65)/t27-,28-,29-,30-,31-,32-,33-,34-,37-,38-/m0/s1. The lowest BCUT2D eigenvalue weighted by atomic mass is 9.98. The first-order valence-electron chi connectivity index (χ1n) is 24.9. The molecule has 1 saturated heterocycles. The van der Waals surface area contributed by atoms with E-state index in [2.05, 4.69) is 55.2 Å². The quantitative estimate of drug-likeness (QED) is 0.0310. The van der Waals surface area contributed by atoms with Crippen molar-refractivity contribution >= 4 is 83.6 Å². The van der Waals surface area contributed by atoms with Gasteiger partial charge in [-0.3, -0.25) is 57.5 Å². The number of phenols is 1. The third-order valence-electron chi connectivity index (χ3n) is 12.3. The molecule has 0 aromatic heterocycles. The average Bonchev–Trinajstić information content (AvgIpc) is 3.86. The summed E-state index contributed by atoms with van der Waals surface area (Å²) in [7, 11) is 0. The summed E-state index contributed by atoms with van der Waals surface area (Å²) in [4.78, 5) is 158. The zero-order valence-electron chi connectivity index (χ0n) is 43.5. The van der Waals surface area contributed by atoms with Gasteiger partial charge in [0, 0.05) is 25.1 Å². The molecule has 0 unspecified atom stereocenters. The fourth-order valence-corrected chi connectivity index (χ4v) is 8.12. The number of carbonyl (C=O) groups is 12. The smallest absolute Gasteiger partial charge is 0.305 e. The summed E-state index contributed by atoms with van der Waals surface area (Å²) in [5.74, 6) is -13.0. The van der Waals surface area contributed by atoms with E-state index in [1.807, 2.05) is 0 Å². The molecule has 1 aromatic rings. The lowest BCUT2D eigenvalue weighted by molar-refractivity contribution is -0.142. The predicted octanol–water partition coefficient (Wildman–Crippen LogP) is -3.60. The predicted molar refractivity (Wildman–Crippen MR) is 274 cm³/mol. The van der Waals surface area contributed by atoms with Crippen LogP contribution in [0.15, 0.2) is 24.3 Å². The SMILES string of the molecule is CCC[C@H](NC(=O)[C@@H]1CCCN1C(=O)[C@H](CS)NC(=O)[C@H](CC)NC(=O)[C@@H](NC(=O)[C@@H](NC(=O)[C@H](CC(=O)O)NC(=O)[C@@H](N)CCC(=O)O)C(C)C)C(C)C)C(=O)N[C@@H](CO)C(=O)N[C@@H](Cc1ccc(O)cc1)C(N)=O. The molecule has 0 saturated carbocycles. The molecule has 424 valence electrons. The number of nitrogens with one attached hydrogen (secondary N) is 8. The molecule has 0 radical (unpaired) electrons. The molecule has 1 aliphatic heterocycles. The number of benzene rings is 1. The number of likely N-dealkylation sites (tertiary alicyclic amines) is 1. The van der Waals surface area contributed by atoms with Crippen LogP contribution < -0.4 is 54.0 Å². The maximum absolute atomic E-state index is 14.0. The summed E-state index contributed by atoms with van der Waals surface area (Å²) in [6.07, 6.45) is -0.806. The Bertz CT molecular complexity index is 2240. The summed E-state index contributed by atoms with van der Waals surface area (Å²) < 4.78 is 0. The first kappa shape index (κ1) is 65.0. The molecule has 1 aromatic carbocycles. The Kier molecular flexibility index (Phi) is 27.2. The molecule has 10 atom stereocenters. The summed E-state index contributed by atoms with van der Waals surface area (Å²) in [5.41, 5.74) is 11.8. The van der Waals surface area contributed by atoms with E-state index in [1.54, 1.807) is 41.5 Å². The van der Waals surface area contributed by atoms with E-state index in [0.29, 0.717) is 18.4 Å². The Hall–Kier alpha value is -7.07. The number of thiol groups is 1. The first-order valence-corrected chi connectivity index (χ1v) is 25.5. The second-order valence-electron chi connectivity index (χ2n) is 19.0. The number of carboxylic acid groups (broad SMARTS) is 2. The van der Waals surface area contributed by atoms with Crippen molar-refractivity contribution in [3.05, 3.63) is 29.8 Å². The molecule has 76 heavy (non-hydrogen) atoms. The Morgan fingerprint density at radius 1 is 0.645 bits per heavy atom. The molecule has 1 heterocycles. The second kappa shape index (κ2) is 31.7. The number of amides is 10. The Morgan fingerprint density at radius 2 is 1.14 bits per heavy atom. The Balaban J connectivity index is 2.15. The molecular formula is C48H75N11O16S. The van der Waals surface area contributed by atoms with E-state index < -0.39 is 163 Å². The van der Waals surface area contributed by atoms with E-state index in [1.165, 1.54) is 29.2 Å². The number of hydrogen-bond donors (Lipinski definition) is 15. The summed E-state index contributed by atoms with van der Waals surface area (Å²) in [5, 5.41) is 57.7. The average molecular weight is 1090 g/mol. The summed E-state index contributed by atoms with van der Waals surface area (Å²) in [6.45, 7) is 8.76. The molecular weight excluding hydrogens is 1020 g/mol. The highest BCUT2D eigenvalue weighted by Crippen LogP contribution is 2.20. The third-order valence-corrected chi connectivity index (χ3v) is 12.6. The number of carboxylic acids is 2. The van der Waals surface area contributed by atoms with Gasteiger partial charge in [-0.15, -0.1) is 0 Å². The van der Waals surface area contributed by atoms with Crippen LogP contribution in [0.4, 0.5) is 0 Å². The van der Waals surface area contributed by atoms with E-state index in [4.69, 9.17) is 16.6 Å². The van der Waals surface area contributed by atoms with Crippen molar-refractivity contribution in [2.45, 2.75) is 160 Å². The number of aromatic hydroxyl groups is 1. The minimum absolute atomic E-state index is 0.00883. The van der Waals surface area contributed by atoms with Gasteiger partial charge in [-0.05, 0) is 61.6 Å². The number of aliphatic hydroxyl groups excluding tert-OH is 1. The van der Waals surface area contributed by atoms with Gasteiger partial charge in [0.15, 0.2) is 0 Å². The molecule has 27 nitrogen and oxygen atoms in total. The van der Waals surface area contributed by atoms with Crippen molar-refractivity contribution in [3.8, 4) is 5.75 Å². The van der Waals surface area contributed by atoms with Crippen LogP contribution in [0.5, 0.6) is 5.75 Å². The van der Waals surface area contributed by atoms with Crippen LogP contribution in [0.25, 0.3) is 0 Å². The zero-order valence-corrected chi connectivity index (χ0v) is 44.4. The van der Waals surface area contributed by atoms with Crippen LogP contribution in [-0.2, 0) is 64.0 Å². The van der Waals surface area contributed by atoms with Crippen molar-refractivity contribution in [2.75, 3.05) is 18.9 Å². The second-order valence-corrected chi connectivity index (χ2v) is 19.4. The maximum atomic E-state index is 14.0. The third kappa shape index (κ3) is 20.6. The lowest BCUT2D eigenvalue weighted by Crippen LogP contribution is -2.62. The highest BCUT2D eigenvalue weighted by Gasteiger charge is 2.40. The Morgan fingerprint density at radius 3 is 1.66 bits per heavy atom. The molecule has 1 fully saturated rings. The van der Waals surface area contributed by atoms with Crippen LogP contribution in [0.3, 0.4) is 0 Å². The molecule has 1 aliphatic rings. The molecule has 28 heteroatoms. The van der Waals surface area contributed by atoms with Crippen LogP contribution in [0.2, 0.25) is 0 Å². The number of rotatable bonds is 32. The van der Waals surface area contributed by atoms with Gasteiger partial charge in [0.2, 0.25) is 59.1 Å². The zero-order chi connectivity index (χ0) is 57.6. The fraction of sp³-hybridized carbons (Fsp3) is 0.625. The van der Waals surface area contributed by atoms with Crippen LogP contribution in [0, 0.1) is 11.8 Å². The summed E-state index contributed by atoms with van der Waals surface area (Å²) in [6, 6.07) is -7.82. The highest BCUT2D eigenvalue weighted by atomic mass is 32.1. The van der Waals surface area contributed by atoms with Crippen LogP contribution in [-0.4, -0.2) is 176 Å². The normalized spacial score (nSPS) is 16.7. The topological polar surface area (TPSA) is 437 Å². The van der Waals surface area contributed by atoms with Gasteiger partial charge in [0.25, 0.3) is 0 Å². The van der Waals surface area contributed by atoms with Crippen molar-refractivity contribution < 1.29 is 78.0 Å². The molecule has 0 aliphatic carbocycles. The maximum Gasteiger partial charge on any atom is 0.305 e. The summed E-state index contributed by atoms with van der Waals surface area (Å²) >= 11 is 4.28. The number of aliphatic carboxylic acids is 2. The largest absolute Gasteiger partial charge is 0.508 e. The minimum Gasteiger partial charge on any atom is -0.508 e. The monoisotopic (exact) mass is 1090 g/mol. The molecule has 0 bridgehead atoms. The highest BCUT2D eigenvalue weighted by molar-refractivity contribution is 7.80. The van der Waals surface area contributed by atoms with E-state index >= 15 is 0 Å². The number of nitrogens with zero attached hydrogens (tertiary/aromatic N) is 1. The van der Waals surface area contributed by atoms with E-state index in [0.717, 1.165) is 0 Å². The van der Waals surface area contributed by atoms with Gasteiger partial charge in [0.05, 0.1) is 19.1 Å². The van der Waals surface area contributed by atoms with Gasteiger partial charge < -0.3 is 79.3 Å². The number of nitrogens with two attached hydrogens (primary N) is 2. The number of phenolic OH excluding ortho intramolecular Hbond substituents is 1. The van der Waals surface area contributed by atoms with Gasteiger partial charge in [-0.2, -0.15) is 12.6 Å². The number of hydrogen-bond acceptors (Lipinski definition) is 16. The van der Waals surface area contributed by atoms with Crippen molar-refractivity contribution in [1.29, 1.82) is 0 Å². The van der Waals surface area contributed by atoms with Crippen molar-refractivity contribution in [1.82, 2.24) is 47.4 Å². The lowest BCUT2D eigenvalue weighted by Gasteiger charge is -2.31. The van der Waals surface area contributed by atoms with Gasteiger partial charge >= 0.3 is 11.9 Å². The molecule has 0 spiro atoms. The molecule has 10 amide bonds. The van der Waals surface area contributed by atoms with Crippen LogP contribution >= 0.6 is 12.6 Å². The van der Waals surface area contributed by atoms with Crippen molar-refractivity contribution in [3.63, 3.8) is 0 Å². The first-order chi connectivity index (χ1) is 35.7. The van der Waals surface area contributed by atoms with E-state index in [-0.39, 0.29) is 50.2 Å². The Labute approximate surface area is 445 Å². The number of carbonyl (C=O) groups excluding carboxylic acids is 10. The van der Waals surface area contributed by atoms with Crippen molar-refractivity contribution in [2.24, 2.45) is 23.3 Å². The van der Waals surface area contributed by atoms with Gasteiger partial charge in [0.1, 0.15) is 60.1 Å². The van der Waals surface area contributed by atoms with Crippen LogP contribution in [0.1, 0.15) is 98.5 Å². The van der Waals surface area contributed by atoms with E-state index in [9.17, 15) is 72.9 Å².